The fourth-order valence-electron chi connectivity index (χ4n) is 3.43. The summed E-state index contributed by atoms with van der Waals surface area (Å²) in [7, 11) is 0. The second-order valence-electron chi connectivity index (χ2n) is 6.52. The van der Waals surface area contributed by atoms with Crippen molar-refractivity contribution in [3.05, 3.63) is 34.3 Å². The van der Waals surface area contributed by atoms with Gasteiger partial charge in [0, 0.05) is 17.1 Å². The lowest BCUT2D eigenvalue weighted by molar-refractivity contribution is 0.265. The maximum Gasteiger partial charge on any atom is 0.0210 e. The average molecular weight is 322 g/mol. The maximum absolute atomic E-state index is 3.81. The Labute approximate surface area is 125 Å². The van der Waals surface area contributed by atoms with Crippen LogP contribution in [0.15, 0.2) is 28.7 Å². The van der Waals surface area contributed by atoms with E-state index in [1.54, 1.807) is 0 Å². The largest absolute Gasteiger partial charge is 0.313 e. The first kappa shape index (κ1) is 13.6. The van der Waals surface area contributed by atoms with E-state index >= 15 is 0 Å². The van der Waals surface area contributed by atoms with Gasteiger partial charge in [-0.05, 0) is 55.1 Å². The maximum atomic E-state index is 3.81. The molecule has 104 valence electrons. The van der Waals surface area contributed by atoms with Crippen LogP contribution in [0.4, 0.5) is 0 Å². The lowest BCUT2D eigenvalue weighted by Crippen LogP contribution is -2.42. The van der Waals surface area contributed by atoms with Gasteiger partial charge >= 0.3 is 0 Å². The van der Waals surface area contributed by atoms with E-state index in [2.05, 4.69) is 52.4 Å². The van der Waals surface area contributed by atoms with E-state index in [9.17, 15) is 0 Å². The number of halogens is 1. The monoisotopic (exact) mass is 321 g/mol. The Kier molecular flexibility index (Phi) is 4.00. The molecule has 19 heavy (non-hydrogen) atoms. The van der Waals surface area contributed by atoms with Crippen LogP contribution < -0.4 is 5.32 Å². The summed E-state index contributed by atoms with van der Waals surface area (Å²) in [6.07, 6.45) is 8.28. The van der Waals surface area contributed by atoms with Crippen molar-refractivity contribution < 1.29 is 0 Å². The third-order valence-electron chi connectivity index (χ3n) is 4.99. The van der Waals surface area contributed by atoms with Gasteiger partial charge in [-0.25, -0.2) is 0 Å². The molecular weight excluding hydrogens is 298 g/mol. The second kappa shape index (κ2) is 5.57. The van der Waals surface area contributed by atoms with Crippen molar-refractivity contribution >= 4 is 15.9 Å². The molecule has 0 saturated heterocycles. The smallest absolute Gasteiger partial charge is 0.0210 e. The summed E-state index contributed by atoms with van der Waals surface area (Å²) in [4.78, 5) is 0. The van der Waals surface area contributed by atoms with Gasteiger partial charge in [-0.2, -0.15) is 0 Å². The zero-order valence-electron chi connectivity index (χ0n) is 11.8. The first-order valence-corrected chi connectivity index (χ1v) is 8.49. The third-order valence-corrected chi connectivity index (χ3v) is 5.71. The van der Waals surface area contributed by atoms with Crippen molar-refractivity contribution in [1.29, 1.82) is 0 Å². The van der Waals surface area contributed by atoms with Crippen LogP contribution in [0.2, 0.25) is 0 Å². The van der Waals surface area contributed by atoms with E-state index in [0.717, 1.165) is 12.0 Å². The number of rotatable bonds is 6. The van der Waals surface area contributed by atoms with Gasteiger partial charge in [0.1, 0.15) is 0 Å². The van der Waals surface area contributed by atoms with Crippen molar-refractivity contribution in [3.63, 3.8) is 0 Å². The van der Waals surface area contributed by atoms with Crippen molar-refractivity contribution in [2.75, 3.05) is 6.54 Å². The molecule has 1 aromatic rings. The molecule has 0 radical (unpaired) electrons. The molecule has 0 heterocycles. The minimum absolute atomic E-state index is 0.688. The highest BCUT2D eigenvalue weighted by atomic mass is 79.9. The van der Waals surface area contributed by atoms with Crippen molar-refractivity contribution in [3.8, 4) is 0 Å². The Hall–Kier alpha value is -0.340. The fraction of sp³-hybridized carbons (Fsp3) is 0.647. The average Bonchev–Trinajstić information content (AvgIpc) is 3.10. The molecule has 0 spiro atoms. The van der Waals surface area contributed by atoms with E-state index in [4.69, 9.17) is 0 Å². The standard InChI is InChI=1S/C17H24BrN/c1-2-7-17(8-9-17)12-19-14-10-13(11-14)15-5-3-4-6-16(15)18/h3-6,13-14,19H,2,7-12H2,1H3. The lowest BCUT2D eigenvalue weighted by atomic mass is 9.75. The molecule has 1 nitrogen and oxygen atoms in total. The normalized spacial score (nSPS) is 27.9. The summed E-state index contributed by atoms with van der Waals surface area (Å²) >= 11 is 3.67. The molecule has 1 aromatic carbocycles. The van der Waals surface area contributed by atoms with Crippen molar-refractivity contribution in [2.24, 2.45) is 5.41 Å². The quantitative estimate of drug-likeness (QED) is 0.788. The van der Waals surface area contributed by atoms with Gasteiger partial charge in [0.2, 0.25) is 0 Å². The van der Waals surface area contributed by atoms with E-state index in [-0.39, 0.29) is 0 Å². The third kappa shape index (κ3) is 3.05. The summed E-state index contributed by atoms with van der Waals surface area (Å²) < 4.78 is 1.28. The van der Waals surface area contributed by atoms with Crippen molar-refractivity contribution in [2.45, 2.75) is 57.4 Å². The molecule has 1 N–H and O–H groups in total. The number of benzene rings is 1. The highest BCUT2D eigenvalue weighted by Gasteiger charge is 2.42. The van der Waals surface area contributed by atoms with Gasteiger partial charge in [0.15, 0.2) is 0 Å². The van der Waals surface area contributed by atoms with E-state index < -0.39 is 0 Å². The Balaban J connectivity index is 1.45. The summed E-state index contributed by atoms with van der Waals surface area (Å²) in [6, 6.07) is 9.44. The Morgan fingerprint density at radius 1 is 1.26 bits per heavy atom. The molecule has 3 rings (SSSR count). The van der Waals surface area contributed by atoms with Crippen LogP contribution in [-0.4, -0.2) is 12.6 Å². The number of nitrogens with one attached hydrogen (secondary N) is 1. The van der Waals surface area contributed by atoms with Crippen LogP contribution in [0, 0.1) is 5.41 Å². The predicted molar refractivity (Wildman–Crippen MR) is 84.5 cm³/mol. The minimum Gasteiger partial charge on any atom is -0.313 e. The van der Waals surface area contributed by atoms with E-state index in [1.165, 1.54) is 55.1 Å². The molecule has 0 unspecified atom stereocenters. The van der Waals surface area contributed by atoms with Crippen LogP contribution in [-0.2, 0) is 0 Å². The topological polar surface area (TPSA) is 12.0 Å². The predicted octanol–water partition coefficient (Wildman–Crippen LogP) is 4.87. The van der Waals surface area contributed by atoms with Gasteiger partial charge < -0.3 is 5.32 Å². The van der Waals surface area contributed by atoms with Gasteiger partial charge in [0.25, 0.3) is 0 Å². The number of hydrogen-bond donors (Lipinski definition) is 1. The molecule has 0 amide bonds. The van der Waals surface area contributed by atoms with Gasteiger partial charge in [0.05, 0.1) is 0 Å². The molecule has 2 heteroatoms. The van der Waals surface area contributed by atoms with Gasteiger partial charge in [-0.15, -0.1) is 0 Å². The molecule has 0 aliphatic heterocycles. The zero-order chi connectivity index (χ0) is 13.3. The highest BCUT2D eigenvalue weighted by molar-refractivity contribution is 9.10. The summed E-state index contributed by atoms with van der Waals surface area (Å²) in [5.41, 5.74) is 2.18. The minimum atomic E-state index is 0.688. The lowest BCUT2D eigenvalue weighted by Gasteiger charge is -2.38. The van der Waals surface area contributed by atoms with Crippen LogP contribution >= 0.6 is 15.9 Å². The Morgan fingerprint density at radius 3 is 2.63 bits per heavy atom. The van der Waals surface area contributed by atoms with Crippen LogP contribution in [0.5, 0.6) is 0 Å². The highest BCUT2D eigenvalue weighted by Crippen LogP contribution is 2.49. The van der Waals surface area contributed by atoms with Crippen LogP contribution in [0.25, 0.3) is 0 Å². The first-order valence-electron chi connectivity index (χ1n) is 7.70. The summed E-state index contributed by atoms with van der Waals surface area (Å²) in [5, 5.41) is 3.81. The van der Waals surface area contributed by atoms with E-state index in [1.807, 2.05) is 0 Å². The number of hydrogen-bond acceptors (Lipinski definition) is 1. The molecule has 2 fully saturated rings. The van der Waals surface area contributed by atoms with Crippen LogP contribution in [0.1, 0.15) is 56.9 Å². The summed E-state index contributed by atoms with van der Waals surface area (Å²) in [5.74, 6) is 0.759. The Bertz CT molecular complexity index is 433. The molecule has 0 atom stereocenters. The zero-order valence-corrected chi connectivity index (χ0v) is 13.4. The first-order chi connectivity index (χ1) is 9.22. The second-order valence-corrected chi connectivity index (χ2v) is 7.37. The molecular formula is C17H24BrN. The molecule has 2 saturated carbocycles. The summed E-state index contributed by atoms with van der Waals surface area (Å²) in [6.45, 7) is 3.57. The van der Waals surface area contributed by atoms with E-state index in [0.29, 0.717) is 5.41 Å². The van der Waals surface area contributed by atoms with Gasteiger partial charge in [-0.3, -0.25) is 0 Å². The SMILES string of the molecule is CCCC1(CNC2CC(c3ccccc3Br)C2)CC1. The van der Waals surface area contributed by atoms with Crippen LogP contribution in [0.3, 0.4) is 0 Å². The van der Waals surface area contributed by atoms with Gasteiger partial charge in [-0.1, -0.05) is 47.5 Å². The fourth-order valence-corrected chi connectivity index (χ4v) is 4.04. The van der Waals surface area contributed by atoms with Crippen molar-refractivity contribution in [1.82, 2.24) is 5.32 Å². The molecule has 0 aromatic heterocycles. The molecule has 2 aliphatic carbocycles. The Morgan fingerprint density at radius 2 is 2.00 bits per heavy atom. The molecule has 2 aliphatic rings. The molecule has 0 bridgehead atoms.